The fourth-order valence-electron chi connectivity index (χ4n) is 2.28. The number of benzene rings is 1. The van der Waals surface area contributed by atoms with Gasteiger partial charge in [-0.3, -0.25) is 4.68 Å². The number of fused-ring (bicyclic) bond motifs is 1. The molecule has 1 aromatic carbocycles. The third-order valence-corrected chi connectivity index (χ3v) is 4.52. The van der Waals surface area contributed by atoms with Crippen LogP contribution in [0, 0.1) is 5.82 Å². The van der Waals surface area contributed by atoms with Gasteiger partial charge in [0, 0.05) is 41.0 Å². The number of nitrogens with zero attached hydrogens (tertiary/aromatic N) is 3. The first kappa shape index (κ1) is 14.1. The smallest absolute Gasteiger partial charge is 0.263 e. The fraction of sp³-hybridized carbons (Fsp3) is 0.154. The van der Waals surface area contributed by atoms with Gasteiger partial charge in [0.1, 0.15) is 10.7 Å². The van der Waals surface area contributed by atoms with Gasteiger partial charge in [0.05, 0.1) is 12.2 Å². The van der Waals surface area contributed by atoms with Gasteiger partial charge >= 0.3 is 0 Å². The van der Waals surface area contributed by atoms with Crippen LogP contribution in [-0.4, -0.2) is 22.8 Å². The molecule has 2 heterocycles. The molecule has 5 nitrogen and oxygen atoms in total. The highest BCUT2D eigenvalue weighted by molar-refractivity contribution is 8.14. The Morgan fingerprint density at radius 2 is 2.10 bits per heavy atom. The van der Waals surface area contributed by atoms with Crippen LogP contribution >= 0.6 is 10.7 Å². The van der Waals surface area contributed by atoms with Crippen molar-refractivity contribution >= 4 is 30.6 Å². The lowest BCUT2D eigenvalue weighted by molar-refractivity contribution is 0.609. The van der Waals surface area contributed by atoms with Gasteiger partial charge in [-0.05, 0) is 24.3 Å². The van der Waals surface area contributed by atoms with E-state index in [1.165, 1.54) is 24.4 Å². The van der Waals surface area contributed by atoms with E-state index < -0.39 is 14.9 Å². The maximum atomic E-state index is 13.4. The van der Waals surface area contributed by atoms with Crippen LogP contribution in [-0.2, 0) is 22.6 Å². The molecule has 21 heavy (non-hydrogen) atoms. The van der Waals surface area contributed by atoms with Gasteiger partial charge in [-0.25, -0.2) is 12.8 Å². The maximum Gasteiger partial charge on any atom is 0.263 e. The van der Waals surface area contributed by atoms with Crippen molar-refractivity contribution in [3.63, 3.8) is 0 Å². The second-order valence-electron chi connectivity index (χ2n) is 4.70. The van der Waals surface area contributed by atoms with Gasteiger partial charge in [0.15, 0.2) is 0 Å². The molecule has 0 aliphatic carbocycles. The van der Waals surface area contributed by atoms with Gasteiger partial charge < -0.3 is 4.57 Å². The van der Waals surface area contributed by atoms with Crippen LogP contribution in [0.15, 0.2) is 41.6 Å². The first-order valence-corrected chi connectivity index (χ1v) is 8.37. The number of halogens is 2. The summed E-state index contributed by atoms with van der Waals surface area (Å²) in [5.41, 5.74) is 1.35. The van der Waals surface area contributed by atoms with Gasteiger partial charge in [-0.15, -0.1) is 0 Å². The molecular formula is C13H11ClFN3O2S. The van der Waals surface area contributed by atoms with Gasteiger partial charge in [0.25, 0.3) is 9.05 Å². The van der Waals surface area contributed by atoms with E-state index in [4.69, 9.17) is 10.7 Å². The maximum absolute atomic E-state index is 13.4. The Labute approximate surface area is 125 Å². The number of hydrogen-bond donors (Lipinski definition) is 0. The molecule has 0 N–H and O–H groups in total. The Hall–Kier alpha value is -1.86. The molecule has 0 spiro atoms. The van der Waals surface area contributed by atoms with Crippen LogP contribution in [0.2, 0.25) is 0 Å². The van der Waals surface area contributed by atoms with Crippen molar-refractivity contribution < 1.29 is 12.8 Å². The summed E-state index contributed by atoms with van der Waals surface area (Å²) in [5.74, 6) is -0.514. The topological polar surface area (TPSA) is 56.9 Å². The minimum Gasteiger partial charge on any atom is -0.340 e. The van der Waals surface area contributed by atoms with Crippen LogP contribution in [0.3, 0.4) is 0 Å². The van der Waals surface area contributed by atoms with E-state index in [0.717, 1.165) is 5.69 Å². The van der Waals surface area contributed by atoms with Crippen LogP contribution in [0.5, 0.6) is 0 Å². The highest BCUT2D eigenvalue weighted by Crippen LogP contribution is 2.29. The number of aromatic nitrogens is 3. The fourth-order valence-corrected chi connectivity index (χ4v) is 3.33. The summed E-state index contributed by atoms with van der Waals surface area (Å²) < 4.78 is 40.0. The first-order chi connectivity index (χ1) is 9.84. The Kier molecular flexibility index (Phi) is 3.26. The van der Waals surface area contributed by atoms with Crippen LogP contribution in [0.1, 0.15) is 5.69 Å². The van der Waals surface area contributed by atoms with Crippen molar-refractivity contribution in [2.45, 2.75) is 11.4 Å². The molecule has 8 heteroatoms. The Balaban J connectivity index is 2.19. The SMILES string of the molecule is Cn1ccc(Cn2cc(S(=O)(=O)Cl)c3cc(F)ccc32)n1. The monoisotopic (exact) mass is 327 g/mol. The molecule has 110 valence electrons. The van der Waals surface area contributed by atoms with E-state index in [1.54, 1.807) is 22.5 Å². The standard InChI is InChI=1S/C13H11ClFN3O2S/c1-17-5-4-10(16-17)7-18-8-13(21(14,19)20)11-6-9(15)2-3-12(11)18/h2-6,8H,7H2,1H3. The lowest BCUT2D eigenvalue weighted by atomic mass is 10.2. The molecule has 3 rings (SSSR count). The summed E-state index contributed by atoms with van der Waals surface area (Å²) in [7, 11) is 3.27. The molecule has 0 amide bonds. The minimum absolute atomic E-state index is 0.102. The number of hydrogen-bond acceptors (Lipinski definition) is 3. The molecule has 0 atom stereocenters. The highest BCUT2D eigenvalue weighted by Gasteiger charge is 2.19. The van der Waals surface area contributed by atoms with E-state index in [0.29, 0.717) is 12.1 Å². The average Bonchev–Trinajstić information content (AvgIpc) is 2.93. The molecule has 0 saturated heterocycles. The van der Waals surface area contributed by atoms with E-state index in [-0.39, 0.29) is 10.3 Å². The Morgan fingerprint density at radius 3 is 2.71 bits per heavy atom. The molecule has 0 bridgehead atoms. The van der Waals surface area contributed by atoms with Gasteiger partial charge in [0.2, 0.25) is 0 Å². The molecule has 0 aliphatic heterocycles. The van der Waals surface area contributed by atoms with Gasteiger partial charge in [-0.1, -0.05) is 0 Å². The minimum atomic E-state index is -3.95. The van der Waals surface area contributed by atoms with Crippen molar-refractivity contribution in [3.05, 3.63) is 48.2 Å². The summed E-state index contributed by atoms with van der Waals surface area (Å²) in [6.45, 7) is 0.370. The molecule has 0 fully saturated rings. The van der Waals surface area contributed by atoms with Crippen molar-refractivity contribution in [2.75, 3.05) is 0 Å². The predicted octanol–water partition coefficient (Wildman–Crippen LogP) is 2.49. The molecule has 0 aliphatic rings. The zero-order chi connectivity index (χ0) is 15.2. The summed E-state index contributed by atoms with van der Waals surface area (Å²) in [4.78, 5) is -0.102. The molecule has 0 unspecified atom stereocenters. The first-order valence-electron chi connectivity index (χ1n) is 6.06. The van der Waals surface area contributed by atoms with Crippen LogP contribution < -0.4 is 0 Å². The predicted molar refractivity (Wildman–Crippen MR) is 77.2 cm³/mol. The molecule has 0 saturated carbocycles. The quantitative estimate of drug-likeness (QED) is 0.694. The van der Waals surface area contributed by atoms with E-state index in [1.807, 2.05) is 6.07 Å². The third kappa shape index (κ3) is 2.66. The van der Waals surface area contributed by atoms with Crippen molar-refractivity contribution in [3.8, 4) is 0 Å². The second kappa shape index (κ2) is 4.85. The summed E-state index contributed by atoms with van der Waals surface area (Å²) >= 11 is 0. The van der Waals surface area contributed by atoms with Crippen molar-refractivity contribution in [1.82, 2.24) is 14.3 Å². The lowest BCUT2D eigenvalue weighted by Gasteiger charge is -2.02. The number of aryl methyl sites for hydroxylation is 1. The van der Waals surface area contributed by atoms with Crippen molar-refractivity contribution in [2.24, 2.45) is 7.05 Å². The van der Waals surface area contributed by atoms with E-state index >= 15 is 0 Å². The number of rotatable bonds is 3. The van der Waals surface area contributed by atoms with Crippen molar-refractivity contribution in [1.29, 1.82) is 0 Å². The molecule has 0 radical (unpaired) electrons. The summed E-state index contributed by atoms with van der Waals surface area (Å²) in [5, 5.41) is 4.51. The Morgan fingerprint density at radius 1 is 1.33 bits per heavy atom. The molecule has 3 aromatic rings. The van der Waals surface area contributed by atoms with Gasteiger partial charge in [-0.2, -0.15) is 5.10 Å². The normalized spacial score (nSPS) is 12.1. The highest BCUT2D eigenvalue weighted by atomic mass is 35.7. The molecule has 2 aromatic heterocycles. The molecular weight excluding hydrogens is 317 g/mol. The lowest BCUT2D eigenvalue weighted by Crippen LogP contribution is -2.00. The van der Waals surface area contributed by atoms with E-state index in [9.17, 15) is 12.8 Å². The van der Waals surface area contributed by atoms with Crippen LogP contribution in [0.25, 0.3) is 10.9 Å². The largest absolute Gasteiger partial charge is 0.340 e. The second-order valence-corrected chi connectivity index (χ2v) is 7.24. The summed E-state index contributed by atoms with van der Waals surface area (Å²) in [6.07, 6.45) is 3.20. The zero-order valence-electron chi connectivity index (χ0n) is 11.0. The summed E-state index contributed by atoms with van der Waals surface area (Å²) in [6, 6.07) is 5.80. The van der Waals surface area contributed by atoms with Crippen LogP contribution in [0.4, 0.5) is 4.39 Å². The Bertz CT molecular complexity index is 930. The zero-order valence-corrected chi connectivity index (χ0v) is 12.6. The van der Waals surface area contributed by atoms with E-state index in [2.05, 4.69) is 5.10 Å². The third-order valence-electron chi connectivity index (χ3n) is 3.17. The average molecular weight is 328 g/mol.